The first kappa shape index (κ1) is 26.7. The Morgan fingerprint density at radius 1 is 1.14 bits per heavy atom. The van der Waals surface area contributed by atoms with E-state index >= 15 is 0 Å². The Morgan fingerprint density at radius 3 is 2.42 bits per heavy atom. The molecule has 194 valence electrons. The molecule has 0 saturated heterocycles. The molecule has 2 aromatic rings. The summed E-state index contributed by atoms with van der Waals surface area (Å²) in [7, 11) is 0. The number of ether oxygens (including phenoxy) is 1. The van der Waals surface area contributed by atoms with Gasteiger partial charge in [-0.1, -0.05) is 56.5 Å². The fourth-order valence-electron chi connectivity index (χ4n) is 4.56. The minimum atomic E-state index is -1.17. The van der Waals surface area contributed by atoms with Gasteiger partial charge in [-0.25, -0.2) is 9.59 Å². The largest absolute Gasteiger partial charge is 0.454 e. The third kappa shape index (κ3) is 6.02. The Morgan fingerprint density at radius 2 is 1.81 bits per heavy atom. The van der Waals surface area contributed by atoms with Crippen LogP contribution >= 0.6 is 0 Å². The van der Waals surface area contributed by atoms with Gasteiger partial charge in [-0.3, -0.25) is 23.9 Å². The van der Waals surface area contributed by atoms with Gasteiger partial charge >= 0.3 is 11.7 Å². The molecular weight excluding hydrogens is 466 g/mol. The van der Waals surface area contributed by atoms with Crippen molar-refractivity contribution < 1.29 is 19.1 Å². The maximum absolute atomic E-state index is 13.2. The Balaban J connectivity index is 1.86. The number of esters is 1. The molecule has 11 nitrogen and oxygen atoms in total. The van der Waals surface area contributed by atoms with E-state index in [9.17, 15) is 24.0 Å². The molecule has 1 fully saturated rings. The van der Waals surface area contributed by atoms with E-state index in [0.29, 0.717) is 19.3 Å². The predicted molar refractivity (Wildman–Crippen MR) is 135 cm³/mol. The van der Waals surface area contributed by atoms with E-state index in [-0.39, 0.29) is 30.5 Å². The molecule has 1 aromatic heterocycles. The number of rotatable bonds is 9. The van der Waals surface area contributed by atoms with Crippen molar-refractivity contribution in [1.29, 1.82) is 0 Å². The molecule has 3 rings (SSSR count). The van der Waals surface area contributed by atoms with Crippen LogP contribution in [0.3, 0.4) is 0 Å². The minimum absolute atomic E-state index is 0.0949. The van der Waals surface area contributed by atoms with Crippen molar-refractivity contribution in [3.05, 3.63) is 56.7 Å². The van der Waals surface area contributed by atoms with Crippen LogP contribution in [0, 0.1) is 0 Å². The zero-order valence-corrected chi connectivity index (χ0v) is 20.7. The number of nitrogens with two attached hydrogens (primary N) is 1. The molecule has 1 saturated carbocycles. The van der Waals surface area contributed by atoms with Gasteiger partial charge in [0.1, 0.15) is 11.4 Å². The van der Waals surface area contributed by atoms with Crippen LogP contribution in [0.2, 0.25) is 0 Å². The minimum Gasteiger partial charge on any atom is -0.454 e. The molecule has 0 atom stereocenters. The lowest BCUT2D eigenvalue weighted by Gasteiger charge is -2.35. The number of nitrogens with one attached hydrogen (secondary N) is 2. The molecule has 1 aliphatic carbocycles. The first-order valence-corrected chi connectivity index (χ1v) is 12.1. The second kappa shape index (κ2) is 11.7. The van der Waals surface area contributed by atoms with Crippen LogP contribution in [-0.4, -0.2) is 46.0 Å². The Labute approximate surface area is 208 Å². The summed E-state index contributed by atoms with van der Waals surface area (Å²) in [5.41, 5.74) is 4.17. The molecule has 1 heterocycles. The van der Waals surface area contributed by atoms with Crippen molar-refractivity contribution in [2.45, 2.75) is 64.5 Å². The van der Waals surface area contributed by atoms with E-state index in [1.807, 2.05) is 25.1 Å². The third-order valence-corrected chi connectivity index (χ3v) is 6.26. The fourth-order valence-corrected chi connectivity index (χ4v) is 4.56. The average Bonchev–Trinajstić information content (AvgIpc) is 2.85. The van der Waals surface area contributed by atoms with Gasteiger partial charge in [0, 0.05) is 13.5 Å². The maximum Gasteiger partial charge on any atom is 0.332 e. The summed E-state index contributed by atoms with van der Waals surface area (Å²) in [6, 6.07) is 9.07. The number of carbonyl (C=O) groups is 3. The van der Waals surface area contributed by atoms with Crippen molar-refractivity contribution in [2.24, 2.45) is 0 Å². The molecule has 36 heavy (non-hydrogen) atoms. The smallest absolute Gasteiger partial charge is 0.332 e. The average molecular weight is 500 g/mol. The zero-order chi connectivity index (χ0) is 26.3. The van der Waals surface area contributed by atoms with E-state index in [0.717, 1.165) is 29.7 Å². The van der Waals surface area contributed by atoms with E-state index < -0.39 is 35.3 Å². The second-order valence-corrected chi connectivity index (χ2v) is 9.01. The molecule has 0 radical (unpaired) electrons. The van der Waals surface area contributed by atoms with Crippen molar-refractivity contribution in [3.63, 3.8) is 0 Å². The number of aromatic nitrogens is 2. The first-order valence-electron chi connectivity index (χ1n) is 12.1. The monoisotopic (exact) mass is 499 g/mol. The number of nitrogen functional groups attached to an aromatic ring is 1. The topological polar surface area (TPSA) is 157 Å². The molecule has 1 aromatic carbocycles. The number of hydrogen-bond acceptors (Lipinski definition) is 7. The number of nitrogens with zero attached hydrogens (tertiary/aromatic N) is 2. The van der Waals surface area contributed by atoms with Crippen LogP contribution < -0.4 is 27.2 Å². The normalized spacial score (nSPS) is 14.6. The van der Waals surface area contributed by atoms with Crippen molar-refractivity contribution >= 4 is 29.3 Å². The molecule has 0 unspecified atom stereocenters. The molecule has 4 N–H and O–H groups in total. The van der Waals surface area contributed by atoms with Gasteiger partial charge in [0.2, 0.25) is 5.91 Å². The number of aromatic amines is 1. The standard InChI is InChI=1S/C25H33N5O6/c1-3-14-29(19(32)16-36-23(34)25(28-17(2)31)12-8-5-9-13-25)20-21(26)30(24(35)27-22(20)33)15-18-10-6-4-7-11-18/h4,6-7,10-11H,3,5,8-9,12-16,26H2,1-2H3,(H,28,31)(H,27,33,35). The Kier molecular flexibility index (Phi) is 8.68. The summed E-state index contributed by atoms with van der Waals surface area (Å²) in [4.78, 5) is 66.5. The van der Waals surface area contributed by atoms with Gasteiger partial charge in [-0.05, 0) is 24.8 Å². The summed E-state index contributed by atoms with van der Waals surface area (Å²) in [5.74, 6) is -1.87. The molecule has 0 bridgehead atoms. The lowest BCUT2D eigenvalue weighted by Crippen LogP contribution is -2.56. The zero-order valence-electron chi connectivity index (χ0n) is 20.7. The molecule has 11 heteroatoms. The third-order valence-electron chi connectivity index (χ3n) is 6.26. The molecule has 0 spiro atoms. The van der Waals surface area contributed by atoms with Gasteiger partial charge in [-0.2, -0.15) is 0 Å². The van der Waals surface area contributed by atoms with Crippen LogP contribution in [0.15, 0.2) is 39.9 Å². The van der Waals surface area contributed by atoms with Crippen molar-refractivity contribution in [3.8, 4) is 0 Å². The number of amides is 2. The first-order chi connectivity index (χ1) is 17.2. The van der Waals surface area contributed by atoms with Gasteiger partial charge in [-0.15, -0.1) is 0 Å². The van der Waals surface area contributed by atoms with E-state index in [2.05, 4.69) is 10.3 Å². The molecule has 2 amide bonds. The Bertz CT molecular complexity index is 1210. The SMILES string of the molecule is CCCN(C(=O)COC(=O)C1(NC(C)=O)CCCCC1)c1c(N)n(Cc2ccccc2)c(=O)[nH]c1=O. The van der Waals surface area contributed by atoms with Gasteiger partial charge in [0.25, 0.3) is 11.5 Å². The van der Waals surface area contributed by atoms with Crippen molar-refractivity contribution in [2.75, 3.05) is 23.8 Å². The lowest BCUT2D eigenvalue weighted by molar-refractivity contribution is -0.157. The van der Waals surface area contributed by atoms with Crippen LogP contribution in [0.1, 0.15) is 57.9 Å². The lowest BCUT2D eigenvalue weighted by atomic mass is 9.81. The van der Waals surface area contributed by atoms with E-state index in [1.165, 1.54) is 11.5 Å². The number of benzene rings is 1. The highest BCUT2D eigenvalue weighted by molar-refractivity contribution is 5.98. The quantitative estimate of drug-likeness (QED) is 0.439. The van der Waals surface area contributed by atoms with E-state index in [4.69, 9.17) is 10.5 Å². The van der Waals surface area contributed by atoms with Gasteiger partial charge in [0.15, 0.2) is 12.3 Å². The Hall–Kier alpha value is -3.89. The highest BCUT2D eigenvalue weighted by atomic mass is 16.5. The number of anilines is 2. The summed E-state index contributed by atoms with van der Waals surface area (Å²) in [5, 5.41) is 2.71. The summed E-state index contributed by atoms with van der Waals surface area (Å²) in [6.45, 7) is 2.71. The molecule has 0 aliphatic heterocycles. The predicted octanol–water partition coefficient (Wildman–Crippen LogP) is 1.29. The number of hydrogen-bond donors (Lipinski definition) is 3. The maximum atomic E-state index is 13.2. The van der Waals surface area contributed by atoms with E-state index in [1.54, 1.807) is 12.1 Å². The van der Waals surface area contributed by atoms with Crippen molar-refractivity contribution in [1.82, 2.24) is 14.9 Å². The van der Waals surface area contributed by atoms with Crippen LogP contribution in [0.25, 0.3) is 0 Å². The second-order valence-electron chi connectivity index (χ2n) is 9.01. The highest BCUT2D eigenvalue weighted by Gasteiger charge is 2.42. The number of carbonyl (C=O) groups excluding carboxylic acids is 3. The van der Waals surface area contributed by atoms with Crippen LogP contribution in [0.5, 0.6) is 0 Å². The van der Waals surface area contributed by atoms with Crippen LogP contribution in [-0.2, 0) is 25.7 Å². The summed E-state index contributed by atoms with van der Waals surface area (Å²) < 4.78 is 6.54. The highest BCUT2D eigenvalue weighted by Crippen LogP contribution is 2.29. The molecule has 1 aliphatic rings. The molecular formula is C25H33N5O6. The fraction of sp³-hybridized carbons (Fsp3) is 0.480. The number of H-pyrrole nitrogens is 1. The summed E-state index contributed by atoms with van der Waals surface area (Å²) in [6.07, 6.45) is 3.77. The van der Waals surface area contributed by atoms with Crippen LogP contribution in [0.4, 0.5) is 11.5 Å². The van der Waals surface area contributed by atoms with Gasteiger partial charge in [0.05, 0.1) is 6.54 Å². The summed E-state index contributed by atoms with van der Waals surface area (Å²) >= 11 is 0. The van der Waals surface area contributed by atoms with Gasteiger partial charge < -0.3 is 20.7 Å².